The van der Waals surface area contributed by atoms with Crippen molar-refractivity contribution in [1.29, 1.82) is 0 Å². The van der Waals surface area contributed by atoms with Crippen LogP contribution in [0.4, 0.5) is 13.2 Å². The van der Waals surface area contributed by atoms with E-state index in [1.54, 1.807) is 26.5 Å². The summed E-state index contributed by atoms with van der Waals surface area (Å²) in [6.07, 6.45) is -5.38. The Bertz CT molecular complexity index is 1130. The average Bonchev–Trinajstić information content (AvgIpc) is 3.08. The SMILES string of the molecule is O=C([C@H]1[C@H](CO)[C@H]2Cn3c(ccc(-c4ccccc4)c3=O)[C@@H]1N2CCC(F)(F)F)N1CCOCC1. The van der Waals surface area contributed by atoms with Crippen molar-refractivity contribution in [3.63, 3.8) is 0 Å². The molecule has 188 valence electrons. The second-order valence-corrected chi connectivity index (χ2v) is 9.38. The molecule has 0 spiro atoms. The van der Waals surface area contributed by atoms with E-state index in [4.69, 9.17) is 4.74 Å². The zero-order chi connectivity index (χ0) is 24.7. The van der Waals surface area contributed by atoms with Crippen LogP contribution in [0.15, 0.2) is 47.3 Å². The molecule has 0 radical (unpaired) electrons. The molecule has 1 aromatic carbocycles. The first-order valence-electron chi connectivity index (χ1n) is 11.9. The smallest absolute Gasteiger partial charge is 0.390 e. The Morgan fingerprint density at radius 2 is 1.80 bits per heavy atom. The highest BCUT2D eigenvalue weighted by molar-refractivity contribution is 5.81. The summed E-state index contributed by atoms with van der Waals surface area (Å²) >= 11 is 0. The number of fused-ring (bicyclic) bond motifs is 4. The van der Waals surface area contributed by atoms with Gasteiger partial charge in [-0.05, 0) is 17.7 Å². The third-order valence-corrected chi connectivity index (χ3v) is 7.52. The number of amides is 1. The molecule has 35 heavy (non-hydrogen) atoms. The van der Waals surface area contributed by atoms with Gasteiger partial charge in [-0.25, -0.2) is 0 Å². The summed E-state index contributed by atoms with van der Waals surface area (Å²) in [6.45, 7) is 1.06. The van der Waals surface area contributed by atoms with Gasteiger partial charge < -0.3 is 19.3 Å². The number of carbonyl (C=O) groups excluding carboxylic acids is 1. The number of morpholine rings is 1. The van der Waals surface area contributed by atoms with E-state index in [0.717, 1.165) is 5.56 Å². The van der Waals surface area contributed by atoms with Crippen molar-refractivity contribution in [3.05, 3.63) is 58.5 Å². The Kier molecular flexibility index (Phi) is 6.45. The van der Waals surface area contributed by atoms with Gasteiger partial charge in [-0.3, -0.25) is 14.5 Å². The van der Waals surface area contributed by atoms with Gasteiger partial charge in [0, 0.05) is 56.0 Å². The van der Waals surface area contributed by atoms with Crippen LogP contribution >= 0.6 is 0 Å². The third kappa shape index (κ3) is 4.39. The van der Waals surface area contributed by atoms with E-state index >= 15 is 0 Å². The maximum absolute atomic E-state index is 13.7. The molecule has 5 rings (SSSR count). The number of benzene rings is 1. The second-order valence-electron chi connectivity index (χ2n) is 9.38. The molecule has 10 heteroatoms. The lowest BCUT2D eigenvalue weighted by Gasteiger charge is -2.39. The Morgan fingerprint density at radius 1 is 1.09 bits per heavy atom. The lowest BCUT2D eigenvalue weighted by molar-refractivity contribution is -0.143. The molecule has 2 saturated heterocycles. The summed E-state index contributed by atoms with van der Waals surface area (Å²) in [6, 6.07) is 11.3. The number of aromatic nitrogens is 1. The van der Waals surface area contributed by atoms with Crippen molar-refractivity contribution in [1.82, 2.24) is 14.4 Å². The first-order chi connectivity index (χ1) is 16.8. The molecule has 3 aliphatic rings. The average molecular weight is 492 g/mol. The van der Waals surface area contributed by atoms with Gasteiger partial charge in [-0.2, -0.15) is 13.2 Å². The quantitative estimate of drug-likeness (QED) is 0.695. The lowest BCUT2D eigenvalue weighted by atomic mass is 9.86. The fourth-order valence-electron chi connectivity index (χ4n) is 5.90. The highest BCUT2D eigenvalue weighted by Gasteiger charge is 2.56. The largest absolute Gasteiger partial charge is 0.396 e. The van der Waals surface area contributed by atoms with Gasteiger partial charge in [0.15, 0.2) is 0 Å². The number of aliphatic hydroxyl groups excluding tert-OH is 1. The molecular weight excluding hydrogens is 463 g/mol. The molecule has 4 heterocycles. The number of ether oxygens (including phenoxy) is 1. The molecule has 2 fully saturated rings. The molecule has 2 bridgehead atoms. The molecule has 7 nitrogen and oxygen atoms in total. The van der Waals surface area contributed by atoms with E-state index in [1.807, 2.05) is 30.3 Å². The Balaban J connectivity index is 1.58. The van der Waals surface area contributed by atoms with Crippen molar-refractivity contribution in [2.75, 3.05) is 39.5 Å². The van der Waals surface area contributed by atoms with Crippen LogP contribution < -0.4 is 5.56 Å². The standard InChI is InChI=1S/C25H28F3N3O4/c26-25(27,28)8-9-30-20-14-31-19(7-6-17(23(31)33)16-4-2-1-3-5-16)22(30)21(18(20)15-32)24(34)29-10-12-35-13-11-29/h1-7,18,20-22,32H,8-15H2/t18-,20-,21+,22+/m1/s1. The van der Waals surface area contributed by atoms with Crippen LogP contribution in [0.3, 0.4) is 0 Å². The van der Waals surface area contributed by atoms with Crippen molar-refractivity contribution < 1.29 is 27.8 Å². The molecule has 1 N–H and O–H groups in total. The Morgan fingerprint density at radius 3 is 2.46 bits per heavy atom. The summed E-state index contributed by atoms with van der Waals surface area (Å²) in [5.74, 6) is -1.53. The topological polar surface area (TPSA) is 75.0 Å². The maximum atomic E-state index is 13.7. The minimum atomic E-state index is -4.36. The molecule has 0 unspecified atom stereocenters. The van der Waals surface area contributed by atoms with Crippen LogP contribution in [0.5, 0.6) is 0 Å². The number of aliphatic hydroxyl groups is 1. The van der Waals surface area contributed by atoms with Crippen LogP contribution in [0, 0.1) is 11.8 Å². The number of hydrogen-bond donors (Lipinski definition) is 1. The highest BCUT2D eigenvalue weighted by Crippen LogP contribution is 2.49. The van der Waals surface area contributed by atoms with Crippen LogP contribution in [-0.4, -0.2) is 77.1 Å². The van der Waals surface area contributed by atoms with Gasteiger partial charge in [0.2, 0.25) is 5.91 Å². The number of pyridine rings is 1. The summed E-state index contributed by atoms with van der Waals surface area (Å²) in [5.41, 5.74) is 1.53. The number of halogens is 3. The summed E-state index contributed by atoms with van der Waals surface area (Å²) in [7, 11) is 0. The lowest BCUT2D eigenvalue weighted by Crippen LogP contribution is -2.48. The minimum absolute atomic E-state index is 0.126. The number of rotatable bonds is 5. The first kappa shape index (κ1) is 24.0. The zero-order valence-corrected chi connectivity index (χ0v) is 19.2. The predicted octanol–water partition coefficient (Wildman–Crippen LogP) is 2.29. The first-order valence-corrected chi connectivity index (χ1v) is 11.9. The van der Waals surface area contributed by atoms with Gasteiger partial charge in [0.05, 0.1) is 31.6 Å². The highest BCUT2D eigenvalue weighted by atomic mass is 19.4. The molecule has 1 amide bonds. The van der Waals surface area contributed by atoms with E-state index in [-0.39, 0.29) is 31.2 Å². The van der Waals surface area contributed by atoms with E-state index in [2.05, 4.69) is 0 Å². The summed E-state index contributed by atoms with van der Waals surface area (Å²) in [5, 5.41) is 10.3. The third-order valence-electron chi connectivity index (χ3n) is 7.52. The van der Waals surface area contributed by atoms with Crippen molar-refractivity contribution >= 4 is 5.91 Å². The van der Waals surface area contributed by atoms with E-state index in [9.17, 15) is 27.9 Å². The fourth-order valence-corrected chi connectivity index (χ4v) is 5.90. The number of alkyl halides is 3. The van der Waals surface area contributed by atoms with Crippen LogP contribution in [0.2, 0.25) is 0 Å². The van der Waals surface area contributed by atoms with Gasteiger partial charge >= 0.3 is 6.18 Å². The maximum Gasteiger partial charge on any atom is 0.390 e. The van der Waals surface area contributed by atoms with Gasteiger partial charge in [-0.1, -0.05) is 30.3 Å². The molecular formula is C25H28F3N3O4. The number of hydrogen-bond acceptors (Lipinski definition) is 5. The van der Waals surface area contributed by atoms with Crippen LogP contribution in [-0.2, 0) is 16.1 Å². The van der Waals surface area contributed by atoms with Crippen molar-refractivity contribution in [3.8, 4) is 11.1 Å². The predicted molar refractivity (Wildman–Crippen MR) is 122 cm³/mol. The van der Waals surface area contributed by atoms with E-state index in [0.29, 0.717) is 37.6 Å². The summed E-state index contributed by atoms with van der Waals surface area (Å²) in [4.78, 5) is 30.5. The molecule has 0 aliphatic carbocycles. The molecule has 4 atom stereocenters. The Hall–Kier alpha value is -2.69. The normalized spacial score (nSPS) is 26.6. The number of nitrogens with zero attached hydrogens (tertiary/aromatic N) is 3. The van der Waals surface area contributed by atoms with Crippen LogP contribution in [0.25, 0.3) is 11.1 Å². The molecule has 3 aliphatic heterocycles. The van der Waals surface area contributed by atoms with Crippen molar-refractivity contribution in [2.45, 2.75) is 31.2 Å². The minimum Gasteiger partial charge on any atom is -0.396 e. The fraction of sp³-hybridized carbons (Fsp3) is 0.520. The zero-order valence-electron chi connectivity index (χ0n) is 19.2. The van der Waals surface area contributed by atoms with Gasteiger partial charge in [0.25, 0.3) is 5.56 Å². The molecule has 0 saturated carbocycles. The monoisotopic (exact) mass is 491 g/mol. The summed E-state index contributed by atoms with van der Waals surface area (Å²) < 4.78 is 46.5. The van der Waals surface area contributed by atoms with Crippen LogP contribution in [0.1, 0.15) is 18.2 Å². The van der Waals surface area contributed by atoms with Gasteiger partial charge in [-0.15, -0.1) is 0 Å². The van der Waals surface area contributed by atoms with Crippen molar-refractivity contribution in [2.24, 2.45) is 11.8 Å². The van der Waals surface area contributed by atoms with Gasteiger partial charge in [0.1, 0.15) is 0 Å². The molecule has 2 aromatic rings. The van der Waals surface area contributed by atoms with E-state index in [1.165, 1.54) is 0 Å². The number of carbonyl (C=O) groups is 1. The Labute approximate surface area is 200 Å². The second kappa shape index (κ2) is 9.40. The van der Waals surface area contributed by atoms with E-state index < -0.39 is 36.5 Å². The molecule has 1 aromatic heterocycles.